The van der Waals surface area contributed by atoms with Crippen molar-refractivity contribution in [1.82, 2.24) is 4.90 Å². The van der Waals surface area contributed by atoms with Gasteiger partial charge in [0, 0.05) is 19.6 Å². The molecular weight excluding hydrogens is 392 g/mol. The van der Waals surface area contributed by atoms with Gasteiger partial charge in [-0.1, -0.05) is 42.5 Å². The number of aliphatic hydroxyl groups excluding tert-OH is 1. The lowest BCUT2D eigenvalue weighted by Crippen LogP contribution is -2.33. The van der Waals surface area contributed by atoms with Gasteiger partial charge in [0.05, 0.1) is 38.6 Å². The normalized spacial score (nSPS) is 15.2. The maximum Gasteiger partial charge on any atom is 0.0892 e. The minimum atomic E-state index is -1.16. The van der Waals surface area contributed by atoms with E-state index in [9.17, 15) is 9.32 Å². The van der Waals surface area contributed by atoms with E-state index in [0.717, 1.165) is 51.9 Å². The van der Waals surface area contributed by atoms with Crippen molar-refractivity contribution in [2.75, 3.05) is 25.0 Å². The van der Waals surface area contributed by atoms with Gasteiger partial charge in [-0.25, -0.2) is 4.21 Å². The Morgan fingerprint density at radius 1 is 0.933 bits per heavy atom. The number of fused-ring (bicyclic) bond motifs is 2. The van der Waals surface area contributed by atoms with E-state index in [0.29, 0.717) is 0 Å². The molecule has 5 heteroatoms. The molecule has 4 nitrogen and oxygen atoms in total. The lowest BCUT2D eigenvalue weighted by Gasteiger charge is -2.35. The predicted octanol–water partition coefficient (Wildman–Crippen LogP) is 4.55. The van der Waals surface area contributed by atoms with E-state index in [4.69, 9.17) is 0 Å². The number of aryl methyl sites for hydroxylation is 1. The Morgan fingerprint density at radius 2 is 1.63 bits per heavy atom. The van der Waals surface area contributed by atoms with Crippen molar-refractivity contribution in [2.45, 2.75) is 36.8 Å². The van der Waals surface area contributed by atoms with Crippen LogP contribution in [0.5, 0.6) is 0 Å². The van der Waals surface area contributed by atoms with Gasteiger partial charge < -0.3 is 14.9 Å². The number of hydrogen-bond acceptors (Lipinski definition) is 4. The van der Waals surface area contributed by atoms with Crippen LogP contribution in [0.1, 0.15) is 22.3 Å². The van der Waals surface area contributed by atoms with Gasteiger partial charge in [-0.3, -0.25) is 0 Å². The van der Waals surface area contributed by atoms with Gasteiger partial charge in [0.1, 0.15) is 0 Å². The minimum Gasteiger partial charge on any atom is -0.392 e. The van der Waals surface area contributed by atoms with Crippen LogP contribution >= 0.6 is 0 Å². The second kappa shape index (κ2) is 8.72. The lowest BCUT2D eigenvalue weighted by molar-refractivity contribution is 0.275. The summed E-state index contributed by atoms with van der Waals surface area (Å²) in [6, 6.07) is 20.1. The maximum atomic E-state index is 13.2. The molecule has 1 atom stereocenters. The van der Waals surface area contributed by atoms with E-state index >= 15 is 0 Å². The van der Waals surface area contributed by atoms with Gasteiger partial charge in [0.25, 0.3) is 0 Å². The molecule has 1 aliphatic rings. The Labute approximate surface area is 181 Å². The lowest BCUT2D eigenvalue weighted by atomic mass is 10.1. The Hall–Kier alpha value is -2.47. The van der Waals surface area contributed by atoms with Crippen LogP contribution in [0.2, 0.25) is 0 Å². The van der Waals surface area contributed by atoms with Crippen LogP contribution in [0, 0.1) is 13.8 Å². The fourth-order valence-corrected chi connectivity index (χ4v) is 5.51. The van der Waals surface area contributed by atoms with Gasteiger partial charge in [0.15, 0.2) is 0 Å². The predicted molar refractivity (Wildman–Crippen MR) is 123 cm³/mol. The monoisotopic (exact) mass is 420 g/mol. The van der Waals surface area contributed by atoms with Crippen molar-refractivity contribution in [1.29, 1.82) is 0 Å². The van der Waals surface area contributed by atoms with E-state index < -0.39 is 10.8 Å². The Bertz CT molecular complexity index is 1100. The summed E-state index contributed by atoms with van der Waals surface area (Å²) in [6.45, 7) is 6.69. The third kappa shape index (κ3) is 3.81. The third-order valence-electron chi connectivity index (χ3n) is 5.92. The zero-order chi connectivity index (χ0) is 21.3. The number of likely N-dealkylation sites (N-methyl/N-ethyl adjacent to an activating group) is 1. The highest BCUT2D eigenvalue weighted by atomic mass is 32.2. The number of benzene rings is 3. The molecule has 1 N–H and O–H groups in total. The molecule has 0 bridgehead atoms. The van der Waals surface area contributed by atoms with Crippen molar-refractivity contribution < 1.29 is 9.32 Å². The maximum absolute atomic E-state index is 13.2. The Morgan fingerprint density at radius 3 is 2.40 bits per heavy atom. The molecule has 0 saturated heterocycles. The highest BCUT2D eigenvalue weighted by molar-refractivity contribution is 7.85. The molecule has 0 amide bonds. The molecule has 1 unspecified atom stereocenters. The van der Waals surface area contributed by atoms with Crippen molar-refractivity contribution in [2.24, 2.45) is 0 Å². The summed E-state index contributed by atoms with van der Waals surface area (Å²) in [7, 11) is 0.941. The zero-order valence-corrected chi connectivity index (χ0v) is 18.6. The molecule has 156 valence electrons. The fraction of sp³-hybridized carbons (Fsp3) is 0.280. The summed E-state index contributed by atoms with van der Waals surface area (Å²) in [5, 5.41) is 9.61. The van der Waals surface area contributed by atoms with Gasteiger partial charge in [0.2, 0.25) is 0 Å². The Kier molecular flexibility index (Phi) is 6.04. The SMILES string of the molecule is Cc1ccc2c(c1C)N(CCN(C)Cc1ccccc1CO)c1ccccc1S2=O. The number of rotatable bonds is 6. The molecule has 0 aliphatic carbocycles. The fourth-order valence-electron chi connectivity index (χ4n) is 4.08. The van der Waals surface area contributed by atoms with E-state index in [1.165, 1.54) is 11.1 Å². The van der Waals surface area contributed by atoms with Crippen LogP contribution in [0.3, 0.4) is 0 Å². The highest BCUT2D eigenvalue weighted by Gasteiger charge is 2.29. The number of para-hydroxylation sites is 1. The average Bonchev–Trinajstić information content (AvgIpc) is 2.76. The first kappa shape index (κ1) is 20.8. The first-order valence-corrected chi connectivity index (χ1v) is 11.4. The van der Waals surface area contributed by atoms with Crippen molar-refractivity contribution in [3.8, 4) is 0 Å². The average molecular weight is 421 g/mol. The summed E-state index contributed by atoms with van der Waals surface area (Å²) in [4.78, 5) is 6.36. The van der Waals surface area contributed by atoms with E-state index in [2.05, 4.69) is 48.9 Å². The molecule has 0 spiro atoms. The molecule has 0 aromatic heterocycles. The van der Waals surface area contributed by atoms with Gasteiger partial charge in [-0.2, -0.15) is 0 Å². The smallest absolute Gasteiger partial charge is 0.0892 e. The van der Waals surface area contributed by atoms with Crippen molar-refractivity contribution in [3.63, 3.8) is 0 Å². The molecule has 1 heterocycles. The van der Waals surface area contributed by atoms with Crippen LogP contribution in [-0.2, 0) is 24.0 Å². The molecule has 0 fully saturated rings. The van der Waals surface area contributed by atoms with Gasteiger partial charge in [-0.15, -0.1) is 0 Å². The molecule has 4 rings (SSSR count). The minimum absolute atomic E-state index is 0.0567. The standard InChI is InChI=1S/C25H28N2O2S/c1-18-12-13-24-25(19(18)2)27(22-10-6-7-11-23(22)30(24)29)15-14-26(3)16-20-8-4-5-9-21(20)17-28/h4-13,28H,14-17H2,1-3H3. The van der Waals surface area contributed by atoms with Gasteiger partial charge >= 0.3 is 0 Å². The number of nitrogens with zero attached hydrogens (tertiary/aromatic N) is 2. The van der Waals surface area contributed by atoms with E-state index in [-0.39, 0.29) is 6.61 Å². The molecule has 1 aliphatic heterocycles. The molecular formula is C25H28N2O2S. The quantitative estimate of drug-likeness (QED) is 0.636. The summed E-state index contributed by atoms with van der Waals surface area (Å²) in [5.74, 6) is 0. The molecule has 3 aromatic carbocycles. The van der Waals surface area contributed by atoms with Crippen LogP contribution < -0.4 is 4.90 Å². The first-order chi connectivity index (χ1) is 14.5. The van der Waals surface area contributed by atoms with Crippen molar-refractivity contribution in [3.05, 3.63) is 82.9 Å². The number of anilines is 2. The largest absolute Gasteiger partial charge is 0.392 e. The molecule has 0 radical (unpaired) electrons. The molecule has 3 aromatic rings. The molecule has 0 saturated carbocycles. The number of aliphatic hydroxyl groups is 1. The second-order valence-electron chi connectivity index (χ2n) is 7.91. The third-order valence-corrected chi connectivity index (χ3v) is 7.40. The van der Waals surface area contributed by atoms with E-state index in [1.54, 1.807) is 0 Å². The van der Waals surface area contributed by atoms with Gasteiger partial charge in [-0.05, 0) is 61.3 Å². The first-order valence-electron chi connectivity index (χ1n) is 10.3. The zero-order valence-electron chi connectivity index (χ0n) is 17.8. The van der Waals surface area contributed by atoms with Crippen LogP contribution in [0.15, 0.2) is 70.5 Å². The summed E-state index contributed by atoms with van der Waals surface area (Å²) < 4.78 is 13.2. The number of hydrogen-bond donors (Lipinski definition) is 1. The Balaban J connectivity index is 1.62. The topological polar surface area (TPSA) is 43.8 Å². The highest BCUT2D eigenvalue weighted by Crippen LogP contribution is 2.44. The van der Waals surface area contributed by atoms with Crippen LogP contribution in [-0.4, -0.2) is 34.4 Å². The van der Waals surface area contributed by atoms with Crippen LogP contribution in [0.4, 0.5) is 11.4 Å². The summed E-state index contributed by atoms with van der Waals surface area (Å²) >= 11 is 0. The van der Waals surface area contributed by atoms with E-state index in [1.807, 2.05) is 42.5 Å². The summed E-state index contributed by atoms with van der Waals surface area (Å²) in [5.41, 5.74) is 6.62. The van der Waals surface area contributed by atoms with Crippen molar-refractivity contribution >= 4 is 22.2 Å². The molecule has 30 heavy (non-hydrogen) atoms. The second-order valence-corrected chi connectivity index (χ2v) is 9.32. The summed E-state index contributed by atoms with van der Waals surface area (Å²) in [6.07, 6.45) is 0. The van der Waals surface area contributed by atoms with Crippen LogP contribution in [0.25, 0.3) is 0 Å².